The maximum Gasteiger partial charge on any atom is 0.253 e. The van der Waals surface area contributed by atoms with E-state index < -0.39 is 5.82 Å². The van der Waals surface area contributed by atoms with Crippen molar-refractivity contribution in [2.75, 3.05) is 18.4 Å². The van der Waals surface area contributed by atoms with Crippen molar-refractivity contribution in [2.24, 2.45) is 0 Å². The van der Waals surface area contributed by atoms with Crippen LogP contribution in [0.1, 0.15) is 23.2 Å². The quantitative estimate of drug-likeness (QED) is 0.839. The molecule has 0 saturated heterocycles. The summed E-state index contributed by atoms with van der Waals surface area (Å²) in [5, 5.41) is 9.01. The van der Waals surface area contributed by atoms with Gasteiger partial charge in [-0.05, 0) is 19.1 Å². The van der Waals surface area contributed by atoms with Gasteiger partial charge in [0.25, 0.3) is 5.91 Å². The van der Waals surface area contributed by atoms with Crippen molar-refractivity contribution in [1.82, 2.24) is 15.5 Å². The number of rotatable bonds is 6. The van der Waals surface area contributed by atoms with E-state index in [0.29, 0.717) is 25.4 Å². The van der Waals surface area contributed by atoms with E-state index >= 15 is 0 Å². The maximum absolute atomic E-state index is 13.7. The number of para-hydroxylation sites is 1. The molecule has 1 aromatic heterocycles. The molecule has 0 aliphatic rings. The van der Waals surface area contributed by atoms with Gasteiger partial charge < -0.3 is 15.2 Å². The van der Waals surface area contributed by atoms with Crippen LogP contribution in [0.3, 0.4) is 0 Å². The summed E-state index contributed by atoms with van der Waals surface area (Å²) in [6.45, 7) is 2.70. The predicted octanol–water partition coefficient (Wildman–Crippen LogP) is 1.61. The van der Waals surface area contributed by atoms with Crippen LogP contribution in [-0.4, -0.2) is 29.1 Å². The number of nitrogens with zero attached hydrogens (tertiary/aromatic N) is 2. The fourth-order valence-corrected chi connectivity index (χ4v) is 1.75. The maximum atomic E-state index is 13.7. The molecule has 20 heavy (non-hydrogen) atoms. The van der Waals surface area contributed by atoms with Crippen LogP contribution < -0.4 is 10.6 Å². The average Bonchev–Trinajstić information content (AvgIpc) is 2.94. The van der Waals surface area contributed by atoms with Gasteiger partial charge in [0.1, 0.15) is 5.82 Å². The molecule has 7 heteroatoms. The zero-order valence-electron chi connectivity index (χ0n) is 11.0. The van der Waals surface area contributed by atoms with E-state index in [9.17, 15) is 9.18 Å². The Kier molecular flexibility index (Phi) is 4.65. The van der Waals surface area contributed by atoms with E-state index in [1.807, 2.05) is 6.92 Å². The van der Waals surface area contributed by atoms with Gasteiger partial charge in [0.05, 0.1) is 11.3 Å². The van der Waals surface area contributed by atoms with Crippen molar-refractivity contribution in [3.05, 3.63) is 41.8 Å². The Bertz CT molecular complexity index is 572. The van der Waals surface area contributed by atoms with Gasteiger partial charge >= 0.3 is 0 Å². The number of aromatic nitrogens is 2. The number of anilines is 1. The highest BCUT2D eigenvalue weighted by molar-refractivity contribution is 5.99. The third-order valence-electron chi connectivity index (χ3n) is 2.64. The van der Waals surface area contributed by atoms with Crippen LogP contribution in [0.25, 0.3) is 0 Å². The van der Waals surface area contributed by atoms with E-state index in [1.54, 1.807) is 6.07 Å². The Hall–Kier alpha value is -2.44. The molecular formula is C13H15FN4O2. The third-order valence-corrected chi connectivity index (χ3v) is 2.64. The Morgan fingerprint density at radius 3 is 3.00 bits per heavy atom. The molecule has 1 amide bonds. The smallest absolute Gasteiger partial charge is 0.253 e. The van der Waals surface area contributed by atoms with Crippen molar-refractivity contribution >= 4 is 11.6 Å². The van der Waals surface area contributed by atoms with E-state index in [0.717, 1.165) is 0 Å². The van der Waals surface area contributed by atoms with E-state index in [2.05, 4.69) is 20.8 Å². The SMILES string of the molecule is CCNc1c(F)cccc1C(=O)NCCc1ncno1. The molecule has 2 rings (SSSR count). The van der Waals surface area contributed by atoms with Crippen molar-refractivity contribution in [3.8, 4) is 0 Å². The molecule has 0 bridgehead atoms. The molecule has 2 aromatic rings. The van der Waals surface area contributed by atoms with Crippen LogP contribution in [0.5, 0.6) is 0 Å². The lowest BCUT2D eigenvalue weighted by Gasteiger charge is -2.11. The minimum absolute atomic E-state index is 0.213. The number of nitrogens with one attached hydrogen (secondary N) is 2. The van der Waals surface area contributed by atoms with Crippen LogP contribution in [0.15, 0.2) is 29.0 Å². The van der Waals surface area contributed by atoms with Crippen molar-refractivity contribution in [2.45, 2.75) is 13.3 Å². The van der Waals surface area contributed by atoms with Gasteiger partial charge in [0, 0.05) is 19.5 Å². The van der Waals surface area contributed by atoms with Crippen LogP contribution >= 0.6 is 0 Å². The molecule has 2 N–H and O–H groups in total. The summed E-state index contributed by atoms with van der Waals surface area (Å²) >= 11 is 0. The molecular weight excluding hydrogens is 263 g/mol. The first-order valence-electron chi connectivity index (χ1n) is 6.28. The van der Waals surface area contributed by atoms with Gasteiger partial charge in [-0.25, -0.2) is 4.39 Å². The molecule has 0 spiro atoms. The molecule has 1 aromatic carbocycles. The molecule has 0 saturated carbocycles. The highest BCUT2D eigenvalue weighted by atomic mass is 19.1. The number of benzene rings is 1. The second-order valence-electron chi connectivity index (χ2n) is 4.03. The zero-order chi connectivity index (χ0) is 14.4. The van der Waals surface area contributed by atoms with Crippen LogP contribution in [0.2, 0.25) is 0 Å². The number of hydrogen-bond donors (Lipinski definition) is 2. The highest BCUT2D eigenvalue weighted by Crippen LogP contribution is 2.19. The molecule has 1 heterocycles. The van der Waals surface area contributed by atoms with Crippen molar-refractivity contribution in [1.29, 1.82) is 0 Å². The van der Waals surface area contributed by atoms with E-state index in [4.69, 9.17) is 4.52 Å². The molecule has 0 atom stereocenters. The van der Waals surface area contributed by atoms with E-state index in [-0.39, 0.29) is 17.2 Å². The Morgan fingerprint density at radius 1 is 1.45 bits per heavy atom. The van der Waals surface area contributed by atoms with Gasteiger partial charge in [0.15, 0.2) is 6.33 Å². The summed E-state index contributed by atoms with van der Waals surface area (Å²) in [4.78, 5) is 15.9. The van der Waals surface area contributed by atoms with Gasteiger partial charge in [0.2, 0.25) is 5.89 Å². The average molecular weight is 278 g/mol. The van der Waals surface area contributed by atoms with Gasteiger partial charge in [-0.2, -0.15) is 4.98 Å². The van der Waals surface area contributed by atoms with Crippen molar-refractivity contribution < 1.29 is 13.7 Å². The lowest BCUT2D eigenvalue weighted by atomic mass is 10.1. The standard InChI is InChI=1S/C13H15FN4O2/c1-2-15-12-9(4-3-5-10(12)14)13(19)16-7-6-11-17-8-18-20-11/h3-5,8,15H,2,6-7H2,1H3,(H,16,19). The monoisotopic (exact) mass is 278 g/mol. The molecule has 6 nitrogen and oxygen atoms in total. The molecule has 106 valence electrons. The van der Waals surface area contributed by atoms with Crippen LogP contribution in [0, 0.1) is 5.82 Å². The summed E-state index contributed by atoms with van der Waals surface area (Å²) in [7, 11) is 0. The Labute approximate surface area is 115 Å². The number of carbonyl (C=O) groups is 1. The predicted molar refractivity (Wildman–Crippen MR) is 70.9 cm³/mol. The minimum atomic E-state index is -0.448. The molecule has 0 aliphatic heterocycles. The highest BCUT2D eigenvalue weighted by Gasteiger charge is 2.14. The number of amides is 1. The molecule has 0 fully saturated rings. The van der Waals surface area contributed by atoms with Gasteiger partial charge in [-0.3, -0.25) is 4.79 Å². The summed E-state index contributed by atoms with van der Waals surface area (Å²) in [6.07, 6.45) is 1.73. The molecule has 0 unspecified atom stereocenters. The fourth-order valence-electron chi connectivity index (χ4n) is 1.75. The largest absolute Gasteiger partial charge is 0.382 e. The number of carbonyl (C=O) groups excluding carboxylic acids is 1. The summed E-state index contributed by atoms with van der Waals surface area (Å²) in [5.74, 6) is -0.354. The number of hydrogen-bond acceptors (Lipinski definition) is 5. The lowest BCUT2D eigenvalue weighted by molar-refractivity contribution is 0.0954. The first kappa shape index (κ1) is 14.0. The second kappa shape index (κ2) is 6.65. The summed E-state index contributed by atoms with van der Waals surface area (Å²) in [5.41, 5.74) is 0.489. The summed E-state index contributed by atoms with van der Waals surface area (Å²) in [6, 6.07) is 4.39. The second-order valence-corrected chi connectivity index (χ2v) is 4.03. The number of halogens is 1. The first-order chi connectivity index (χ1) is 9.72. The topological polar surface area (TPSA) is 80.0 Å². The minimum Gasteiger partial charge on any atom is -0.382 e. The molecule has 0 aliphatic carbocycles. The summed E-state index contributed by atoms with van der Waals surface area (Å²) < 4.78 is 18.5. The van der Waals surface area contributed by atoms with Crippen molar-refractivity contribution in [3.63, 3.8) is 0 Å². The lowest BCUT2D eigenvalue weighted by Crippen LogP contribution is -2.27. The third kappa shape index (κ3) is 3.31. The van der Waals surface area contributed by atoms with Crippen LogP contribution in [0.4, 0.5) is 10.1 Å². The van der Waals surface area contributed by atoms with E-state index in [1.165, 1.54) is 18.5 Å². The fraction of sp³-hybridized carbons (Fsp3) is 0.308. The Balaban J connectivity index is 1.99. The molecule has 0 radical (unpaired) electrons. The van der Waals surface area contributed by atoms with Gasteiger partial charge in [-0.1, -0.05) is 11.2 Å². The zero-order valence-corrected chi connectivity index (χ0v) is 11.0. The normalized spacial score (nSPS) is 10.3. The Morgan fingerprint density at radius 2 is 2.30 bits per heavy atom. The first-order valence-corrected chi connectivity index (χ1v) is 6.28. The van der Waals surface area contributed by atoms with Crippen LogP contribution in [-0.2, 0) is 6.42 Å². The van der Waals surface area contributed by atoms with Gasteiger partial charge in [-0.15, -0.1) is 0 Å².